The van der Waals surface area contributed by atoms with Gasteiger partial charge in [-0.15, -0.1) is 0 Å². The molecule has 0 radical (unpaired) electrons. The van der Waals surface area contributed by atoms with E-state index in [4.69, 9.17) is 5.11 Å². The molecule has 1 N–H and O–H groups in total. The second kappa shape index (κ2) is 2.43. The van der Waals surface area contributed by atoms with Crippen LogP contribution >= 0.6 is 0 Å². The fourth-order valence-corrected chi connectivity index (χ4v) is 1.58. The van der Waals surface area contributed by atoms with Crippen molar-refractivity contribution in [3.63, 3.8) is 0 Å². The van der Waals surface area contributed by atoms with E-state index in [1.165, 1.54) is 0 Å². The number of carboxylic acids is 1. The number of hydrogen-bond acceptors (Lipinski definition) is 1. The third kappa shape index (κ3) is 1.34. The first-order valence-corrected chi connectivity index (χ1v) is 3.56. The van der Waals surface area contributed by atoms with Crippen molar-refractivity contribution in [3.05, 3.63) is 0 Å². The third-order valence-electron chi connectivity index (χ3n) is 2.22. The molecule has 0 saturated heterocycles. The molecular weight excluding hydrogens is 154 g/mol. The number of aliphatic carboxylic acids is 1. The second-order valence-electron chi connectivity index (χ2n) is 3.09. The minimum atomic E-state index is -2.99. The fraction of sp³-hybridized carbons (Fsp3) is 0.857. The van der Waals surface area contributed by atoms with E-state index in [9.17, 15) is 13.6 Å². The zero-order valence-electron chi connectivity index (χ0n) is 6.18. The standard InChI is InChI=1S/C7H10F2O2/c1-4-2-3-7(8,9)5(4)6(10)11/h4-5H,2-3H2,1H3,(H,10,11)/t4-,5-/m1/s1. The molecule has 0 bridgehead atoms. The Labute approximate surface area is 63.2 Å². The van der Waals surface area contributed by atoms with Gasteiger partial charge in [-0.1, -0.05) is 6.92 Å². The number of halogens is 2. The highest BCUT2D eigenvalue weighted by Crippen LogP contribution is 2.44. The van der Waals surface area contributed by atoms with Crippen LogP contribution < -0.4 is 0 Å². The normalized spacial score (nSPS) is 35.5. The SMILES string of the molecule is C[C@@H]1CCC(F)(F)[C@H]1C(=O)O. The molecule has 0 aromatic carbocycles. The van der Waals surface area contributed by atoms with E-state index in [0.29, 0.717) is 6.42 Å². The van der Waals surface area contributed by atoms with Gasteiger partial charge in [-0.3, -0.25) is 4.79 Å². The Morgan fingerprint density at radius 3 is 2.36 bits per heavy atom. The molecule has 1 saturated carbocycles. The predicted octanol–water partition coefficient (Wildman–Crippen LogP) is 1.75. The van der Waals surface area contributed by atoms with E-state index in [-0.39, 0.29) is 6.42 Å². The summed E-state index contributed by atoms with van der Waals surface area (Å²) in [5.41, 5.74) is 0. The predicted molar refractivity (Wildman–Crippen MR) is 34.5 cm³/mol. The molecule has 2 nitrogen and oxygen atoms in total. The minimum absolute atomic E-state index is 0.287. The molecular formula is C7H10F2O2. The molecule has 0 aromatic heterocycles. The number of carboxylic acid groups (broad SMARTS) is 1. The molecule has 0 spiro atoms. The maximum absolute atomic E-state index is 12.7. The summed E-state index contributed by atoms with van der Waals surface area (Å²) in [6, 6.07) is 0. The highest BCUT2D eigenvalue weighted by molar-refractivity contribution is 5.72. The maximum Gasteiger partial charge on any atom is 0.312 e. The van der Waals surface area contributed by atoms with Crippen LogP contribution in [-0.4, -0.2) is 17.0 Å². The Balaban J connectivity index is 2.80. The summed E-state index contributed by atoms with van der Waals surface area (Å²) in [4.78, 5) is 10.3. The molecule has 1 aliphatic rings. The molecule has 0 amide bonds. The molecule has 0 aromatic rings. The summed E-state index contributed by atoms with van der Waals surface area (Å²) >= 11 is 0. The number of carbonyl (C=O) groups is 1. The quantitative estimate of drug-likeness (QED) is 0.641. The summed E-state index contributed by atoms with van der Waals surface area (Å²) in [6.45, 7) is 1.56. The number of alkyl halides is 2. The van der Waals surface area contributed by atoms with Crippen molar-refractivity contribution >= 4 is 5.97 Å². The van der Waals surface area contributed by atoms with Gasteiger partial charge < -0.3 is 5.11 Å². The van der Waals surface area contributed by atoms with E-state index in [1.54, 1.807) is 6.92 Å². The van der Waals surface area contributed by atoms with Crippen molar-refractivity contribution in [3.8, 4) is 0 Å². The van der Waals surface area contributed by atoms with Crippen LogP contribution in [0.15, 0.2) is 0 Å². The fourth-order valence-electron chi connectivity index (χ4n) is 1.58. The molecule has 1 aliphatic carbocycles. The molecule has 64 valence electrons. The van der Waals surface area contributed by atoms with Crippen molar-refractivity contribution < 1.29 is 18.7 Å². The van der Waals surface area contributed by atoms with Crippen molar-refractivity contribution in [1.82, 2.24) is 0 Å². The lowest BCUT2D eigenvalue weighted by Gasteiger charge is -2.16. The van der Waals surface area contributed by atoms with Crippen LogP contribution in [0.25, 0.3) is 0 Å². The smallest absolute Gasteiger partial charge is 0.312 e. The van der Waals surface area contributed by atoms with E-state index in [0.717, 1.165) is 0 Å². The van der Waals surface area contributed by atoms with Gasteiger partial charge in [0, 0.05) is 6.42 Å². The summed E-state index contributed by atoms with van der Waals surface area (Å²) in [5, 5.41) is 8.44. The van der Waals surface area contributed by atoms with Gasteiger partial charge in [0.05, 0.1) is 0 Å². The Hall–Kier alpha value is -0.670. The number of hydrogen-bond donors (Lipinski definition) is 1. The van der Waals surface area contributed by atoms with E-state index < -0.39 is 23.7 Å². The van der Waals surface area contributed by atoms with Crippen molar-refractivity contribution in [2.75, 3.05) is 0 Å². The van der Waals surface area contributed by atoms with E-state index >= 15 is 0 Å². The Kier molecular flexibility index (Phi) is 1.86. The van der Waals surface area contributed by atoms with E-state index in [1.807, 2.05) is 0 Å². The molecule has 1 rings (SSSR count). The zero-order chi connectivity index (χ0) is 8.65. The first kappa shape index (κ1) is 8.43. The third-order valence-corrected chi connectivity index (χ3v) is 2.22. The Morgan fingerprint density at radius 1 is 1.64 bits per heavy atom. The Bertz CT molecular complexity index is 179. The monoisotopic (exact) mass is 164 g/mol. The average Bonchev–Trinajstić information content (AvgIpc) is 2.06. The summed E-state index contributed by atoms with van der Waals surface area (Å²) in [6.07, 6.45) is 0.0229. The van der Waals surface area contributed by atoms with Gasteiger partial charge in [0.15, 0.2) is 0 Å². The molecule has 2 atom stereocenters. The molecule has 0 aliphatic heterocycles. The van der Waals surface area contributed by atoms with Crippen LogP contribution in [0.1, 0.15) is 19.8 Å². The van der Waals surface area contributed by atoms with Crippen molar-refractivity contribution in [2.45, 2.75) is 25.7 Å². The van der Waals surface area contributed by atoms with Crippen LogP contribution in [0.5, 0.6) is 0 Å². The first-order valence-electron chi connectivity index (χ1n) is 3.56. The summed E-state index contributed by atoms with van der Waals surface area (Å²) < 4.78 is 25.5. The largest absolute Gasteiger partial charge is 0.481 e. The van der Waals surface area contributed by atoms with Gasteiger partial charge in [0.1, 0.15) is 5.92 Å². The highest BCUT2D eigenvalue weighted by atomic mass is 19.3. The van der Waals surface area contributed by atoms with Crippen LogP contribution in [0.3, 0.4) is 0 Å². The summed E-state index contributed by atoms with van der Waals surface area (Å²) in [5.74, 6) is -6.24. The van der Waals surface area contributed by atoms with Gasteiger partial charge >= 0.3 is 5.97 Å². The topological polar surface area (TPSA) is 37.3 Å². The maximum atomic E-state index is 12.7. The second-order valence-corrected chi connectivity index (χ2v) is 3.09. The zero-order valence-corrected chi connectivity index (χ0v) is 6.18. The van der Waals surface area contributed by atoms with E-state index in [2.05, 4.69) is 0 Å². The molecule has 0 heterocycles. The van der Waals surface area contributed by atoms with Crippen molar-refractivity contribution in [2.24, 2.45) is 11.8 Å². The molecule has 0 unspecified atom stereocenters. The van der Waals surface area contributed by atoms with Crippen LogP contribution in [-0.2, 0) is 4.79 Å². The van der Waals surface area contributed by atoms with Gasteiger partial charge in [-0.2, -0.15) is 0 Å². The highest BCUT2D eigenvalue weighted by Gasteiger charge is 2.52. The Morgan fingerprint density at radius 2 is 2.18 bits per heavy atom. The molecule has 1 fully saturated rings. The average molecular weight is 164 g/mol. The lowest BCUT2D eigenvalue weighted by atomic mass is 9.96. The van der Waals surface area contributed by atoms with Crippen LogP contribution in [0.4, 0.5) is 8.78 Å². The van der Waals surface area contributed by atoms with Gasteiger partial charge in [-0.05, 0) is 12.3 Å². The molecule has 4 heteroatoms. The number of rotatable bonds is 1. The summed E-state index contributed by atoms with van der Waals surface area (Å²) in [7, 11) is 0. The van der Waals surface area contributed by atoms with Crippen LogP contribution in [0.2, 0.25) is 0 Å². The lowest BCUT2D eigenvalue weighted by Crippen LogP contribution is -2.32. The van der Waals surface area contributed by atoms with Crippen molar-refractivity contribution in [1.29, 1.82) is 0 Å². The molecule has 11 heavy (non-hydrogen) atoms. The van der Waals surface area contributed by atoms with Crippen LogP contribution in [0, 0.1) is 11.8 Å². The first-order chi connectivity index (χ1) is 4.95. The van der Waals surface area contributed by atoms with Gasteiger partial charge in [0.25, 0.3) is 5.92 Å². The van der Waals surface area contributed by atoms with Gasteiger partial charge in [-0.25, -0.2) is 8.78 Å². The minimum Gasteiger partial charge on any atom is -0.481 e. The lowest BCUT2D eigenvalue weighted by molar-refractivity contribution is -0.155. The van der Waals surface area contributed by atoms with Gasteiger partial charge in [0.2, 0.25) is 0 Å².